The van der Waals surface area contributed by atoms with Crippen LogP contribution in [0.1, 0.15) is 150 Å². The van der Waals surface area contributed by atoms with E-state index in [0.717, 1.165) is 0 Å². The zero-order chi connectivity index (χ0) is 67.5. The van der Waals surface area contributed by atoms with Crippen LogP contribution in [0.5, 0.6) is 5.75 Å². The molecule has 0 aliphatic carbocycles. The van der Waals surface area contributed by atoms with Crippen LogP contribution >= 0.6 is 11.8 Å². The van der Waals surface area contributed by atoms with E-state index >= 15 is 0 Å². The molecule has 0 spiro atoms. The van der Waals surface area contributed by atoms with Gasteiger partial charge in [0.1, 0.15) is 23.6 Å². The first kappa shape index (κ1) is 80.0. The number of ketones is 5. The van der Waals surface area contributed by atoms with Crippen molar-refractivity contribution in [2.24, 2.45) is 91.7 Å². The van der Waals surface area contributed by atoms with Gasteiger partial charge >= 0.3 is 5.97 Å². The number of Topliss-reactive ketones (excluding diaryl/α,β-unsaturated/α-hetero) is 5. The van der Waals surface area contributed by atoms with Crippen molar-refractivity contribution in [1.29, 1.82) is 0 Å². The number of carboxylic acids is 1. The van der Waals surface area contributed by atoms with Crippen LogP contribution in [0.15, 0.2) is 34.3 Å². The number of carbonyl (C=O) groups excluding carboxylic acids is 10. The van der Waals surface area contributed by atoms with Gasteiger partial charge in [-0.1, -0.05) is 46.8 Å². The lowest BCUT2D eigenvalue weighted by molar-refractivity contribution is -0.143. The quantitative estimate of drug-likeness (QED) is 0.0244. The van der Waals surface area contributed by atoms with Crippen molar-refractivity contribution in [1.82, 2.24) is 21.3 Å². The van der Waals surface area contributed by atoms with E-state index < -0.39 is 151 Å². The SMILES string of the molecule is CSCC[C@H](CC(=O)[C@H](CO)NC(=O)[C@H](CCCN=C(N)N)CC(=O)[C@@H](C)CC(C)C)C(=O)N[C@H](C(=O)C[C@@H](CC(=O)O)C(=O)N[C@@H](CCCCN)C(=O)C[C@@H](Cc1ccc(O)cc1)C(=O)N[C@H](CCCN=C(N)N)C(=O)C[C@@H](CC(C)C)C(N)=O)[C@@H](C)O. The van der Waals surface area contributed by atoms with Gasteiger partial charge in [0.25, 0.3) is 0 Å². The molecule has 27 nitrogen and oxygen atoms in total. The Balaban J connectivity index is 3.60. The number of primary amides is 1. The molecule has 502 valence electrons. The lowest BCUT2D eigenvalue weighted by Gasteiger charge is -2.27. The van der Waals surface area contributed by atoms with Crippen LogP contribution in [-0.2, 0) is 59.2 Å². The van der Waals surface area contributed by atoms with Gasteiger partial charge in [0.05, 0.1) is 37.1 Å². The van der Waals surface area contributed by atoms with Crippen LogP contribution in [0.25, 0.3) is 0 Å². The monoisotopic (exact) mass is 1270 g/mol. The van der Waals surface area contributed by atoms with Gasteiger partial charge in [-0.25, -0.2) is 0 Å². The number of hydrogen-bond donors (Lipinski definition) is 14. The molecule has 0 aromatic heterocycles. The van der Waals surface area contributed by atoms with E-state index in [1.54, 1.807) is 13.2 Å². The van der Waals surface area contributed by atoms with Gasteiger partial charge < -0.3 is 76.1 Å². The molecule has 89 heavy (non-hydrogen) atoms. The molecule has 0 unspecified atom stereocenters. The molecule has 1 rings (SSSR count). The minimum atomic E-state index is -1.76. The molecule has 11 atom stereocenters. The molecule has 0 bridgehead atoms. The lowest BCUT2D eigenvalue weighted by Crippen LogP contribution is -2.52. The largest absolute Gasteiger partial charge is 0.508 e. The number of benzene rings is 1. The summed E-state index contributed by atoms with van der Waals surface area (Å²) >= 11 is 1.33. The summed E-state index contributed by atoms with van der Waals surface area (Å²) in [4.78, 5) is 159. The lowest BCUT2D eigenvalue weighted by atomic mass is 9.87. The average molecular weight is 1280 g/mol. The number of phenolic OH excluding ortho intramolecular Hbond substituents is 1. The number of carbonyl (C=O) groups is 11. The fraction of sp³-hybridized carbons (Fsp3) is 0.689. The van der Waals surface area contributed by atoms with Gasteiger partial charge in [-0.15, -0.1) is 0 Å². The number of unbranched alkanes of at least 4 members (excludes halogenated alkanes) is 1. The van der Waals surface area contributed by atoms with Crippen LogP contribution in [0.3, 0.4) is 0 Å². The highest BCUT2D eigenvalue weighted by Crippen LogP contribution is 2.25. The number of aliphatic hydroxyl groups excluding tert-OH is 2. The van der Waals surface area contributed by atoms with Gasteiger partial charge in [-0.2, -0.15) is 11.8 Å². The molecule has 0 radical (unpaired) electrons. The van der Waals surface area contributed by atoms with Crippen molar-refractivity contribution in [2.45, 2.75) is 181 Å². The number of aliphatic carboxylic acids is 1. The maximum Gasteiger partial charge on any atom is 0.304 e. The molecule has 0 fully saturated rings. The fourth-order valence-corrected chi connectivity index (χ4v) is 10.8. The molecule has 0 aliphatic rings. The zero-order valence-electron chi connectivity index (χ0n) is 52.9. The molecular weight excluding hydrogens is 1170 g/mol. The normalized spacial score (nSPS) is 15.1. The molecule has 0 saturated heterocycles. The third-order valence-electron chi connectivity index (χ3n) is 15.1. The van der Waals surface area contributed by atoms with Crippen LogP contribution < -0.4 is 55.7 Å². The standard InChI is InChI=1S/C61H102N12O15S/c1-34(2)24-36(5)48(77)27-39(12-10-21-68-60(64)65)56(85)72-47(33-74)51(80)28-40(19-23-89-7)57(86)73-54(37(6)75)52(81)31-43(32-53(82)83)59(88)70-45(13-8-9-20-62)50(79)30-42(26-38-15-17-44(76)18-16-38)58(87)71-46(14-11-22-69-61(66)67)49(78)29-41(55(63)84)25-35(3)4/h15-18,34-37,39-43,45-47,54,74-76H,8-14,19-33,62H2,1-7H3,(H2,63,84)(H,70,88)(H,71,87)(H,72,85)(H,73,86)(H,82,83)(H4,64,65,68)(H4,66,67,69)/t36-,37+,39+,40+,41+,42+,43-,45-,46+,47-,54-/m0/s1. The zero-order valence-corrected chi connectivity index (χ0v) is 53.7. The minimum absolute atomic E-state index is 0.00502. The summed E-state index contributed by atoms with van der Waals surface area (Å²) in [6.07, 6.45) is -1.23. The Morgan fingerprint density at radius 2 is 0.978 bits per heavy atom. The van der Waals surface area contributed by atoms with E-state index in [0.29, 0.717) is 37.0 Å². The van der Waals surface area contributed by atoms with Crippen molar-refractivity contribution in [3.05, 3.63) is 29.8 Å². The number of phenols is 1. The highest BCUT2D eigenvalue weighted by Gasteiger charge is 2.38. The summed E-state index contributed by atoms with van der Waals surface area (Å²) in [6.45, 7) is 10.1. The summed E-state index contributed by atoms with van der Waals surface area (Å²) in [6, 6.07) is -0.0677. The van der Waals surface area contributed by atoms with Crippen LogP contribution in [0.2, 0.25) is 0 Å². The maximum atomic E-state index is 14.6. The summed E-state index contributed by atoms with van der Waals surface area (Å²) in [7, 11) is 0. The third kappa shape index (κ3) is 32.8. The third-order valence-corrected chi connectivity index (χ3v) is 15.7. The van der Waals surface area contributed by atoms with Crippen LogP contribution in [0, 0.1) is 47.3 Å². The Bertz CT molecular complexity index is 2520. The highest BCUT2D eigenvalue weighted by molar-refractivity contribution is 7.98. The average Bonchev–Trinajstić information content (AvgIpc) is 3.66. The Morgan fingerprint density at radius 1 is 0.528 bits per heavy atom. The number of nitrogens with one attached hydrogen (secondary N) is 4. The van der Waals surface area contributed by atoms with Gasteiger partial charge in [-0.05, 0) is 126 Å². The van der Waals surface area contributed by atoms with Crippen molar-refractivity contribution >= 4 is 88.1 Å². The van der Waals surface area contributed by atoms with Crippen molar-refractivity contribution < 1.29 is 73.2 Å². The predicted octanol–water partition coefficient (Wildman–Crippen LogP) is 0.802. The van der Waals surface area contributed by atoms with Crippen LogP contribution in [-0.4, -0.2) is 165 Å². The van der Waals surface area contributed by atoms with E-state index in [1.165, 1.54) is 43.0 Å². The van der Waals surface area contributed by atoms with Gasteiger partial charge in [0.15, 0.2) is 35.1 Å². The number of aliphatic hydroxyl groups is 2. The van der Waals surface area contributed by atoms with Crippen molar-refractivity contribution in [3.8, 4) is 5.75 Å². The number of nitrogens with zero attached hydrogens (tertiary/aromatic N) is 2. The number of amides is 5. The number of hydrogen-bond acceptors (Lipinski definition) is 18. The Kier molecular flexibility index (Phi) is 38.5. The number of guanidine groups is 2. The van der Waals surface area contributed by atoms with E-state index in [-0.39, 0.29) is 119 Å². The van der Waals surface area contributed by atoms with E-state index in [9.17, 15) is 73.2 Å². The number of thioether (sulfide) groups is 1. The Hall–Kier alpha value is -7.04. The van der Waals surface area contributed by atoms with E-state index in [1.807, 2.05) is 27.7 Å². The van der Waals surface area contributed by atoms with E-state index in [4.69, 9.17) is 34.4 Å². The highest BCUT2D eigenvalue weighted by atomic mass is 32.2. The first-order chi connectivity index (χ1) is 41.8. The first-order valence-corrected chi connectivity index (χ1v) is 32.0. The molecule has 0 aliphatic heterocycles. The molecule has 20 N–H and O–H groups in total. The van der Waals surface area contributed by atoms with E-state index in [2.05, 4.69) is 31.3 Å². The molecule has 0 heterocycles. The predicted molar refractivity (Wildman–Crippen MR) is 339 cm³/mol. The number of aliphatic imine (C=N–C) groups is 2. The number of rotatable bonds is 49. The fourth-order valence-electron chi connectivity index (χ4n) is 10.2. The Morgan fingerprint density at radius 3 is 1.47 bits per heavy atom. The number of nitrogens with two attached hydrogens (primary N) is 6. The number of aromatic hydroxyl groups is 1. The topological polar surface area (TPSA) is 498 Å². The number of carboxylic acid groups (broad SMARTS) is 1. The second-order valence-corrected chi connectivity index (χ2v) is 24.9. The molecule has 5 amide bonds. The summed E-state index contributed by atoms with van der Waals surface area (Å²) < 4.78 is 0. The molecule has 0 saturated carbocycles. The summed E-state index contributed by atoms with van der Waals surface area (Å²) in [5, 5.41) is 51.8. The molecule has 1 aromatic carbocycles. The molecular formula is C61H102N12O15S. The first-order valence-electron chi connectivity index (χ1n) is 30.6. The maximum absolute atomic E-state index is 14.6. The van der Waals surface area contributed by atoms with Gasteiger partial charge in [0, 0.05) is 74.8 Å². The van der Waals surface area contributed by atoms with Crippen molar-refractivity contribution in [2.75, 3.05) is 38.2 Å². The van der Waals surface area contributed by atoms with Gasteiger partial charge in [0.2, 0.25) is 29.5 Å². The molecule has 28 heteroatoms. The second-order valence-electron chi connectivity index (χ2n) is 23.9. The van der Waals surface area contributed by atoms with Gasteiger partial charge in [-0.3, -0.25) is 62.7 Å². The molecule has 1 aromatic rings. The summed E-state index contributed by atoms with van der Waals surface area (Å²) in [5.74, 6) is -15.0. The van der Waals surface area contributed by atoms with Crippen LogP contribution in [0.4, 0.5) is 0 Å². The second kappa shape index (κ2) is 42.8. The Labute approximate surface area is 527 Å². The minimum Gasteiger partial charge on any atom is -0.508 e. The van der Waals surface area contributed by atoms with Crippen molar-refractivity contribution in [3.63, 3.8) is 0 Å². The summed E-state index contributed by atoms with van der Waals surface area (Å²) in [5.41, 5.74) is 33.9. The smallest absolute Gasteiger partial charge is 0.304 e.